The van der Waals surface area contributed by atoms with Crippen molar-refractivity contribution >= 4 is 46.0 Å². The number of fused-ring (bicyclic) bond motifs is 3. The molecule has 2 N–H and O–H groups in total. The van der Waals surface area contributed by atoms with Gasteiger partial charge in [0.15, 0.2) is 5.08 Å². The Morgan fingerprint density at radius 2 is 1.77 bits per heavy atom. The van der Waals surface area contributed by atoms with E-state index in [1.165, 1.54) is 18.0 Å². The van der Waals surface area contributed by atoms with Crippen molar-refractivity contribution in [1.29, 1.82) is 0 Å². The zero-order valence-corrected chi connectivity index (χ0v) is 27.7. The number of hydrogen-bond donors (Lipinski definition) is 2. The first kappa shape index (κ1) is 35.2. The van der Waals surface area contributed by atoms with Crippen molar-refractivity contribution in [3.05, 3.63) is 40.7 Å². The van der Waals surface area contributed by atoms with Gasteiger partial charge < -0.3 is 24.8 Å². The molecule has 4 aliphatic rings. The third-order valence-corrected chi connectivity index (χ3v) is 7.52. The highest BCUT2D eigenvalue weighted by Crippen LogP contribution is 2.38. The lowest BCUT2D eigenvalue weighted by Crippen LogP contribution is -2.58. The number of allylic oxidation sites excluding steroid dienone is 1. The first-order valence-electron chi connectivity index (χ1n) is 14.6. The molecule has 0 spiro atoms. The molecule has 44 heavy (non-hydrogen) atoms. The zero-order chi connectivity index (χ0) is 33.0. The standard InChI is InChI=1S/C18H27BrN6O3.C9H8F3NO.C2H6/c1-11-5-6-24-12(11)13(14(26)25-16(24)20-15(19)21-25)22-7-9-23(10-8-22)17(27)28-18(2,3)4;1-6-4-7(9(10,11)12)2-3-8(6)13-5-14;1-2/h11,15,21H,5-10H2,1-4H3;2-5H,1H3,(H,13,14);1-2H3. The molecule has 1 aromatic rings. The van der Waals surface area contributed by atoms with Crippen molar-refractivity contribution in [1.82, 2.24) is 25.1 Å². The third-order valence-electron chi connectivity index (χ3n) is 7.11. The summed E-state index contributed by atoms with van der Waals surface area (Å²) in [5, 5.41) is 3.55. The molecule has 0 bridgehead atoms. The number of rotatable bonds is 3. The van der Waals surface area contributed by atoms with Gasteiger partial charge in [0.1, 0.15) is 11.3 Å². The second-order valence-corrected chi connectivity index (χ2v) is 12.2. The van der Waals surface area contributed by atoms with Crippen LogP contribution in [0.15, 0.2) is 34.6 Å². The summed E-state index contributed by atoms with van der Waals surface area (Å²) in [7, 11) is 0. The fraction of sp³-hybridized carbons (Fsp3) is 0.586. The van der Waals surface area contributed by atoms with E-state index in [0.717, 1.165) is 36.5 Å². The van der Waals surface area contributed by atoms with Crippen molar-refractivity contribution < 1.29 is 32.3 Å². The summed E-state index contributed by atoms with van der Waals surface area (Å²) in [5.74, 6) is 0.885. The number of aryl methyl sites for hydroxylation is 1. The quantitative estimate of drug-likeness (QED) is 0.259. The number of amides is 3. The molecule has 0 saturated carbocycles. The Kier molecular flexibility index (Phi) is 11.3. The molecule has 0 aliphatic carbocycles. The summed E-state index contributed by atoms with van der Waals surface area (Å²) < 4.78 is 42.1. The van der Waals surface area contributed by atoms with Crippen LogP contribution >= 0.6 is 15.9 Å². The van der Waals surface area contributed by atoms with Crippen molar-refractivity contribution in [2.24, 2.45) is 10.9 Å². The van der Waals surface area contributed by atoms with Gasteiger partial charge in [-0.2, -0.15) is 18.6 Å². The first-order chi connectivity index (χ1) is 20.6. The fourth-order valence-corrected chi connectivity index (χ4v) is 5.51. The largest absolute Gasteiger partial charge is 0.444 e. The molecule has 2 fully saturated rings. The Morgan fingerprint density at radius 3 is 2.32 bits per heavy atom. The molecule has 2 unspecified atom stereocenters. The molecular formula is C29H41BrF3N7O4. The van der Waals surface area contributed by atoms with Crippen LogP contribution in [0.2, 0.25) is 0 Å². The van der Waals surface area contributed by atoms with E-state index in [9.17, 15) is 27.6 Å². The minimum absolute atomic E-state index is 0.0774. The Bertz CT molecular complexity index is 1290. The van der Waals surface area contributed by atoms with Gasteiger partial charge >= 0.3 is 12.3 Å². The van der Waals surface area contributed by atoms with E-state index < -0.39 is 17.3 Å². The maximum atomic E-state index is 13.3. The predicted molar refractivity (Wildman–Crippen MR) is 164 cm³/mol. The Balaban J connectivity index is 0.000000279. The van der Waals surface area contributed by atoms with Gasteiger partial charge in [-0.25, -0.2) is 14.8 Å². The number of nitrogens with one attached hydrogen (secondary N) is 2. The van der Waals surface area contributed by atoms with Gasteiger partial charge in [0.05, 0.1) is 11.3 Å². The van der Waals surface area contributed by atoms with Crippen LogP contribution in [0.25, 0.3) is 0 Å². The average molecular weight is 689 g/mol. The lowest BCUT2D eigenvalue weighted by atomic mass is 10.0. The predicted octanol–water partition coefficient (Wildman–Crippen LogP) is 5.10. The summed E-state index contributed by atoms with van der Waals surface area (Å²) in [5.41, 5.74) is 4.37. The molecule has 0 aromatic heterocycles. The van der Waals surface area contributed by atoms with Gasteiger partial charge in [0, 0.05) is 44.3 Å². The van der Waals surface area contributed by atoms with Gasteiger partial charge in [-0.05, 0) is 73.8 Å². The van der Waals surface area contributed by atoms with E-state index in [1.807, 2.05) is 34.6 Å². The van der Waals surface area contributed by atoms with E-state index in [2.05, 4.69) is 48.4 Å². The zero-order valence-electron chi connectivity index (χ0n) is 26.1. The average Bonchev–Trinajstić information content (AvgIpc) is 3.53. The van der Waals surface area contributed by atoms with Crippen LogP contribution in [0, 0.1) is 12.8 Å². The molecular weight excluding hydrogens is 647 g/mol. The van der Waals surface area contributed by atoms with Crippen molar-refractivity contribution in [3.63, 3.8) is 0 Å². The van der Waals surface area contributed by atoms with Crippen LogP contribution in [0.3, 0.4) is 0 Å². The van der Waals surface area contributed by atoms with E-state index in [1.54, 1.807) is 4.90 Å². The molecule has 15 heteroatoms. The summed E-state index contributed by atoms with van der Waals surface area (Å²) in [6.45, 7) is 16.4. The monoisotopic (exact) mass is 687 g/mol. The number of carbonyl (C=O) groups is 3. The third kappa shape index (κ3) is 8.03. The highest BCUT2D eigenvalue weighted by molar-refractivity contribution is 9.09. The topological polar surface area (TPSA) is 110 Å². The number of halogens is 4. The van der Waals surface area contributed by atoms with Crippen LogP contribution in [0.1, 0.15) is 59.1 Å². The molecule has 5 rings (SSSR count). The van der Waals surface area contributed by atoms with Gasteiger partial charge in [-0.3, -0.25) is 9.59 Å². The molecule has 4 aliphatic heterocycles. The van der Waals surface area contributed by atoms with Crippen LogP contribution in [-0.4, -0.2) is 87.5 Å². The SMILES string of the molecule is CC.CC1CCN2C3=NC(Br)NN3C(=O)C(N3CCN(C(=O)OC(C)(C)C)CC3)=C12.Cc1cc(C(F)(F)F)ccc1NC=O. The maximum Gasteiger partial charge on any atom is 0.416 e. The number of carbonyl (C=O) groups excluding carboxylic acids is 3. The number of piperazine rings is 1. The number of guanidine groups is 1. The number of alkyl halides is 4. The van der Waals surface area contributed by atoms with E-state index in [0.29, 0.717) is 55.7 Å². The summed E-state index contributed by atoms with van der Waals surface area (Å²) in [6, 6.07) is 3.15. The highest BCUT2D eigenvalue weighted by Gasteiger charge is 2.47. The van der Waals surface area contributed by atoms with Gasteiger partial charge in [-0.15, -0.1) is 0 Å². The number of hydrazine groups is 1. The second kappa shape index (κ2) is 14.2. The van der Waals surface area contributed by atoms with Gasteiger partial charge in [0.25, 0.3) is 5.91 Å². The minimum Gasteiger partial charge on any atom is -0.444 e. The number of benzene rings is 1. The van der Waals surface area contributed by atoms with Crippen LogP contribution in [-0.2, 0) is 20.5 Å². The summed E-state index contributed by atoms with van der Waals surface area (Å²) >= 11 is 3.42. The smallest absolute Gasteiger partial charge is 0.416 e. The maximum absolute atomic E-state index is 13.3. The minimum atomic E-state index is -4.34. The lowest BCUT2D eigenvalue weighted by Gasteiger charge is -2.42. The number of ether oxygens (including phenoxy) is 1. The number of anilines is 1. The Morgan fingerprint density at radius 1 is 1.14 bits per heavy atom. The highest BCUT2D eigenvalue weighted by atomic mass is 79.9. The molecule has 2 atom stereocenters. The molecule has 2 saturated heterocycles. The van der Waals surface area contributed by atoms with Gasteiger partial charge in [-0.1, -0.05) is 20.8 Å². The second-order valence-electron chi connectivity index (χ2n) is 11.4. The number of hydrogen-bond acceptors (Lipinski definition) is 8. The Labute approximate surface area is 264 Å². The fourth-order valence-electron chi connectivity index (χ4n) is 5.12. The van der Waals surface area contributed by atoms with Crippen molar-refractivity contribution in [3.8, 4) is 0 Å². The molecule has 244 valence electrons. The Hall–Kier alpha value is -3.33. The molecule has 11 nitrogen and oxygen atoms in total. The summed E-state index contributed by atoms with van der Waals surface area (Å²) in [6.07, 6.45) is -3.22. The van der Waals surface area contributed by atoms with Crippen LogP contribution < -0.4 is 10.7 Å². The molecule has 1 aromatic carbocycles. The van der Waals surface area contributed by atoms with E-state index in [4.69, 9.17) is 4.74 Å². The van der Waals surface area contributed by atoms with Gasteiger partial charge in [0.2, 0.25) is 12.4 Å². The van der Waals surface area contributed by atoms with Crippen molar-refractivity contribution in [2.45, 2.75) is 71.7 Å². The normalized spacial score (nSPS) is 21.4. The number of nitrogens with zero attached hydrogens (tertiary/aromatic N) is 5. The van der Waals surface area contributed by atoms with Crippen LogP contribution in [0.5, 0.6) is 0 Å². The van der Waals surface area contributed by atoms with Crippen LogP contribution in [0.4, 0.5) is 23.7 Å². The lowest BCUT2D eigenvalue weighted by molar-refractivity contribution is -0.137. The van der Waals surface area contributed by atoms with Crippen molar-refractivity contribution in [2.75, 3.05) is 38.0 Å². The first-order valence-corrected chi connectivity index (χ1v) is 15.5. The molecule has 4 heterocycles. The molecule has 0 radical (unpaired) electrons. The number of aliphatic imine (C=N–C) groups is 1. The molecule has 3 amide bonds. The summed E-state index contributed by atoms with van der Waals surface area (Å²) in [4.78, 5) is 46.2. The van der Waals surface area contributed by atoms with E-state index >= 15 is 0 Å². The van der Waals surface area contributed by atoms with E-state index in [-0.39, 0.29) is 17.1 Å².